The van der Waals surface area contributed by atoms with E-state index in [1.54, 1.807) is 0 Å². The molecule has 8 rings (SSSR count). The zero-order valence-electron chi connectivity index (χ0n) is 26.0. The van der Waals surface area contributed by atoms with Crippen molar-refractivity contribution in [3.05, 3.63) is 200 Å². The largest absolute Gasteiger partial charge is 0.310 e. The van der Waals surface area contributed by atoms with Crippen molar-refractivity contribution in [3.63, 3.8) is 0 Å². The van der Waals surface area contributed by atoms with Crippen molar-refractivity contribution in [2.45, 2.75) is 0 Å². The number of anilines is 3. The first-order chi connectivity index (χ1) is 23.3. The van der Waals surface area contributed by atoms with E-state index in [2.05, 4.69) is 205 Å². The molecule has 0 unspecified atom stereocenters. The fourth-order valence-electron chi connectivity index (χ4n) is 6.52. The average Bonchev–Trinajstić information content (AvgIpc) is 3.16. The number of hydrogen-bond acceptors (Lipinski definition) is 1. The molecule has 0 fully saturated rings. The molecule has 0 N–H and O–H groups in total. The lowest BCUT2D eigenvalue weighted by atomic mass is 9.95. The van der Waals surface area contributed by atoms with Crippen LogP contribution < -0.4 is 4.90 Å². The topological polar surface area (TPSA) is 3.24 Å². The molecule has 0 aromatic heterocycles. The summed E-state index contributed by atoms with van der Waals surface area (Å²) in [5.41, 5.74) is 13.0. The van der Waals surface area contributed by atoms with Gasteiger partial charge in [-0.3, -0.25) is 0 Å². The van der Waals surface area contributed by atoms with Gasteiger partial charge in [0.05, 0.1) is 5.69 Å². The normalized spacial score (nSPS) is 11.0. The Labute approximate surface area is 276 Å². The Morgan fingerprint density at radius 3 is 1.45 bits per heavy atom. The summed E-state index contributed by atoms with van der Waals surface area (Å²) in [7, 11) is 0. The predicted octanol–water partition coefficient (Wildman–Crippen LogP) is 13.0. The van der Waals surface area contributed by atoms with Crippen molar-refractivity contribution < 1.29 is 0 Å². The molecule has 0 atom stereocenters. The lowest BCUT2D eigenvalue weighted by Gasteiger charge is -2.28. The fraction of sp³-hybridized carbons (Fsp3) is 0. The zero-order valence-corrected chi connectivity index (χ0v) is 26.0. The fourth-order valence-corrected chi connectivity index (χ4v) is 6.52. The second-order valence-electron chi connectivity index (χ2n) is 11.8. The number of fused-ring (bicyclic) bond motifs is 1. The van der Waals surface area contributed by atoms with Gasteiger partial charge in [-0.1, -0.05) is 164 Å². The van der Waals surface area contributed by atoms with E-state index in [9.17, 15) is 0 Å². The molecule has 0 amide bonds. The van der Waals surface area contributed by atoms with E-state index in [0.29, 0.717) is 0 Å². The van der Waals surface area contributed by atoms with Gasteiger partial charge in [0.25, 0.3) is 0 Å². The summed E-state index contributed by atoms with van der Waals surface area (Å²) in [6, 6.07) is 71.8. The molecule has 0 bridgehead atoms. The van der Waals surface area contributed by atoms with E-state index < -0.39 is 0 Å². The van der Waals surface area contributed by atoms with Gasteiger partial charge in [-0.2, -0.15) is 0 Å². The first-order valence-electron chi connectivity index (χ1n) is 16.1. The van der Waals surface area contributed by atoms with Gasteiger partial charge in [0.15, 0.2) is 0 Å². The molecule has 0 radical (unpaired) electrons. The Morgan fingerprint density at radius 1 is 0.277 bits per heavy atom. The third kappa shape index (κ3) is 5.72. The lowest BCUT2D eigenvalue weighted by molar-refractivity contribution is 1.28. The summed E-state index contributed by atoms with van der Waals surface area (Å²) in [6.07, 6.45) is 0. The van der Waals surface area contributed by atoms with Crippen LogP contribution in [0.25, 0.3) is 55.3 Å². The highest BCUT2D eigenvalue weighted by atomic mass is 15.1. The molecule has 0 spiro atoms. The van der Waals surface area contributed by atoms with Crippen LogP contribution in [0.15, 0.2) is 200 Å². The Balaban J connectivity index is 1.24. The van der Waals surface area contributed by atoms with Crippen LogP contribution >= 0.6 is 0 Å². The molecule has 47 heavy (non-hydrogen) atoms. The van der Waals surface area contributed by atoms with Crippen molar-refractivity contribution in [1.29, 1.82) is 0 Å². The number of para-hydroxylation sites is 1. The predicted molar refractivity (Wildman–Crippen MR) is 200 cm³/mol. The van der Waals surface area contributed by atoms with Crippen LogP contribution in [0.1, 0.15) is 0 Å². The molecule has 0 aliphatic carbocycles. The van der Waals surface area contributed by atoms with E-state index in [0.717, 1.165) is 17.1 Å². The minimum atomic E-state index is 1.11. The summed E-state index contributed by atoms with van der Waals surface area (Å²) in [5, 5.41) is 2.52. The van der Waals surface area contributed by atoms with Gasteiger partial charge >= 0.3 is 0 Å². The maximum Gasteiger partial charge on any atom is 0.0540 e. The maximum atomic E-state index is 2.37. The second kappa shape index (κ2) is 12.7. The molecule has 8 aromatic carbocycles. The highest BCUT2D eigenvalue weighted by Gasteiger charge is 2.18. The van der Waals surface area contributed by atoms with E-state index in [4.69, 9.17) is 0 Å². The van der Waals surface area contributed by atoms with Gasteiger partial charge in [-0.05, 0) is 86.1 Å². The Kier molecular flexibility index (Phi) is 7.63. The maximum absolute atomic E-state index is 2.37. The number of benzene rings is 8. The van der Waals surface area contributed by atoms with Crippen LogP contribution in [0.3, 0.4) is 0 Å². The highest BCUT2D eigenvalue weighted by Crippen LogP contribution is 2.43. The van der Waals surface area contributed by atoms with Gasteiger partial charge in [0, 0.05) is 16.9 Å². The van der Waals surface area contributed by atoms with Crippen molar-refractivity contribution in [2.75, 3.05) is 4.90 Å². The summed E-state index contributed by atoms with van der Waals surface area (Å²) in [4.78, 5) is 2.37. The van der Waals surface area contributed by atoms with E-state index in [1.165, 1.54) is 55.3 Å². The van der Waals surface area contributed by atoms with Crippen LogP contribution in [-0.4, -0.2) is 0 Å². The Morgan fingerprint density at radius 2 is 0.745 bits per heavy atom. The third-order valence-electron chi connectivity index (χ3n) is 8.89. The molecular weight excluding hydrogens is 567 g/mol. The molecule has 0 aliphatic heterocycles. The van der Waals surface area contributed by atoms with Crippen LogP contribution in [0.2, 0.25) is 0 Å². The quantitative estimate of drug-likeness (QED) is 0.176. The van der Waals surface area contributed by atoms with Crippen LogP contribution in [0.5, 0.6) is 0 Å². The molecule has 0 aliphatic rings. The van der Waals surface area contributed by atoms with Crippen molar-refractivity contribution >= 4 is 27.8 Å². The summed E-state index contributed by atoms with van der Waals surface area (Å²) in [6.45, 7) is 0. The molecule has 0 heterocycles. The highest BCUT2D eigenvalue weighted by molar-refractivity contribution is 5.97. The lowest BCUT2D eigenvalue weighted by Crippen LogP contribution is -2.11. The molecule has 1 heteroatoms. The standard InChI is InChI=1S/C46H33N/c1-4-13-34(14-5-1)35-23-25-36(26-24-35)40-29-32-46(45(33-40)38-15-6-2-7-16-38)47(41-19-8-3-9-20-41)42-30-27-39(28-31-42)44-22-12-18-37-17-10-11-21-43(37)44/h1-33H. The number of hydrogen-bond donors (Lipinski definition) is 0. The molecule has 8 aromatic rings. The number of rotatable bonds is 7. The summed E-state index contributed by atoms with van der Waals surface area (Å²) in [5.74, 6) is 0. The van der Waals surface area contributed by atoms with Gasteiger partial charge in [0.1, 0.15) is 0 Å². The van der Waals surface area contributed by atoms with E-state index in [-0.39, 0.29) is 0 Å². The second-order valence-corrected chi connectivity index (χ2v) is 11.8. The minimum absolute atomic E-state index is 1.11. The van der Waals surface area contributed by atoms with Crippen molar-refractivity contribution in [2.24, 2.45) is 0 Å². The molecular formula is C46H33N. The van der Waals surface area contributed by atoms with Gasteiger partial charge in [0.2, 0.25) is 0 Å². The van der Waals surface area contributed by atoms with Crippen molar-refractivity contribution in [3.8, 4) is 44.5 Å². The summed E-state index contributed by atoms with van der Waals surface area (Å²) >= 11 is 0. The van der Waals surface area contributed by atoms with Gasteiger partial charge in [-0.15, -0.1) is 0 Å². The molecule has 0 saturated heterocycles. The van der Waals surface area contributed by atoms with E-state index in [1.807, 2.05) is 0 Å². The Bertz CT molecular complexity index is 2250. The molecule has 1 nitrogen and oxygen atoms in total. The van der Waals surface area contributed by atoms with E-state index >= 15 is 0 Å². The first kappa shape index (κ1) is 28.3. The molecule has 222 valence electrons. The zero-order chi connectivity index (χ0) is 31.4. The van der Waals surface area contributed by atoms with Gasteiger partial charge in [-0.25, -0.2) is 0 Å². The van der Waals surface area contributed by atoms with Crippen molar-refractivity contribution in [1.82, 2.24) is 0 Å². The monoisotopic (exact) mass is 599 g/mol. The van der Waals surface area contributed by atoms with Gasteiger partial charge < -0.3 is 4.90 Å². The molecule has 0 saturated carbocycles. The van der Waals surface area contributed by atoms with Crippen LogP contribution in [0, 0.1) is 0 Å². The summed E-state index contributed by atoms with van der Waals surface area (Å²) < 4.78 is 0. The smallest absolute Gasteiger partial charge is 0.0540 e. The first-order valence-corrected chi connectivity index (χ1v) is 16.1. The Hall–Kier alpha value is -6.18. The third-order valence-corrected chi connectivity index (χ3v) is 8.89. The van der Waals surface area contributed by atoms with Crippen LogP contribution in [-0.2, 0) is 0 Å². The minimum Gasteiger partial charge on any atom is -0.310 e. The SMILES string of the molecule is c1ccc(-c2ccc(-c3ccc(N(c4ccccc4)c4ccc(-c5cccc6ccccc56)cc4)c(-c4ccccc4)c3)cc2)cc1. The van der Waals surface area contributed by atoms with Crippen LogP contribution in [0.4, 0.5) is 17.1 Å². The average molecular weight is 600 g/mol. The number of nitrogens with zero attached hydrogens (tertiary/aromatic N) is 1.